The molecule has 0 fully saturated rings. The largest absolute Gasteiger partial charge is 0.497 e. The number of aromatic nitrogens is 1. The summed E-state index contributed by atoms with van der Waals surface area (Å²) in [5.41, 5.74) is 8.61. The van der Waals surface area contributed by atoms with Crippen LogP contribution >= 0.6 is 27.3 Å². The maximum Gasteiger partial charge on any atom is 0.152 e. The highest BCUT2D eigenvalue weighted by atomic mass is 79.9. The predicted octanol–water partition coefficient (Wildman–Crippen LogP) is 8.28. The predicted molar refractivity (Wildman–Crippen MR) is 162 cm³/mol. The molecule has 0 unspecified atom stereocenters. The molecule has 0 aliphatic heterocycles. The van der Waals surface area contributed by atoms with Gasteiger partial charge in [0.05, 0.1) is 30.3 Å². The van der Waals surface area contributed by atoms with E-state index >= 15 is 0 Å². The summed E-state index contributed by atoms with van der Waals surface area (Å²) in [6.07, 6.45) is 2.82. The van der Waals surface area contributed by atoms with E-state index < -0.39 is 0 Å². The van der Waals surface area contributed by atoms with Gasteiger partial charge in [0.15, 0.2) is 6.29 Å². The molecule has 196 valence electrons. The molecule has 39 heavy (non-hydrogen) atoms. The van der Waals surface area contributed by atoms with E-state index in [1.54, 1.807) is 25.6 Å². The minimum Gasteiger partial charge on any atom is -0.497 e. The molecule has 0 saturated carbocycles. The van der Waals surface area contributed by atoms with Gasteiger partial charge >= 0.3 is 0 Å². The molecule has 4 aromatic carbocycles. The molecule has 0 N–H and O–H groups in total. The van der Waals surface area contributed by atoms with Gasteiger partial charge in [-0.25, -0.2) is 0 Å². The van der Waals surface area contributed by atoms with E-state index in [1.807, 2.05) is 60.2 Å². The molecule has 0 amide bonds. The van der Waals surface area contributed by atoms with Crippen molar-refractivity contribution in [3.05, 3.63) is 118 Å². The quantitative estimate of drug-likeness (QED) is 0.151. The summed E-state index contributed by atoms with van der Waals surface area (Å²) in [5.74, 6) is 1.60. The fourth-order valence-electron chi connectivity index (χ4n) is 4.64. The van der Waals surface area contributed by atoms with Gasteiger partial charge in [0.1, 0.15) is 11.5 Å². The Morgan fingerprint density at radius 1 is 0.872 bits per heavy atom. The van der Waals surface area contributed by atoms with Crippen molar-refractivity contribution in [3.63, 3.8) is 0 Å². The third-order valence-electron chi connectivity index (χ3n) is 6.53. The number of halogens is 1. The maximum absolute atomic E-state index is 12.5. The van der Waals surface area contributed by atoms with Gasteiger partial charge in [0.2, 0.25) is 0 Å². The van der Waals surface area contributed by atoms with E-state index in [2.05, 4.69) is 62.2 Å². The van der Waals surface area contributed by atoms with E-state index in [9.17, 15) is 4.79 Å². The van der Waals surface area contributed by atoms with Gasteiger partial charge in [-0.3, -0.25) is 9.78 Å². The lowest BCUT2D eigenvalue weighted by atomic mass is 9.93. The molecule has 0 saturated heterocycles. The van der Waals surface area contributed by atoms with Gasteiger partial charge in [-0.2, -0.15) is 0 Å². The number of carbonyl (C=O) groups is 1. The minimum absolute atomic E-state index is 0.588. The first-order valence-corrected chi connectivity index (χ1v) is 14.0. The number of anilines is 1. The third kappa shape index (κ3) is 6.05. The second-order valence-corrected chi connectivity index (χ2v) is 10.8. The average Bonchev–Trinajstić information content (AvgIpc) is 3.52. The fraction of sp³-hybridized carbons (Fsp3) is 0.125. The average molecular weight is 600 g/mol. The highest BCUT2D eigenvalue weighted by Crippen LogP contribution is 2.44. The van der Waals surface area contributed by atoms with Gasteiger partial charge in [-0.1, -0.05) is 58.4 Å². The summed E-state index contributed by atoms with van der Waals surface area (Å²) in [6.45, 7) is 1.18. The molecule has 0 aliphatic carbocycles. The van der Waals surface area contributed by atoms with Crippen LogP contribution in [0.2, 0.25) is 0 Å². The Balaban J connectivity index is 1.71. The van der Waals surface area contributed by atoms with Crippen molar-refractivity contribution in [2.24, 2.45) is 0 Å². The summed E-state index contributed by atoms with van der Waals surface area (Å²) in [4.78, 5) is 20.2. The zero-order valence-electron chi connectivity index (χ0n) is 21.6. The summed E-state index contributed by atoms with van der Waals surface area (Å²) < 4.78 is 11.7. The third-order valence-corrected chi connectivity index (χ3v) is 7.82. The van der Waals surface area contributed by atoms with Crippen molar-refractivity contribution in [3.8, 4) is 33.1 Å². The van der Waals surface area contributed by atoms with Gasteiger partial charge in [-0.15, -0.1) is 11.3 Å². The zero-order valence-corrected chi connectivity index (χ0v) is 24.0. The van der Waals surface area contributed by atoms with Crippen LogP contribution in [0.25, 0.3) is 21.6 Å². The lowest BCUT2D eigenvalue weighted by Crippen LogP contribution is -2.24. The molecule has 0 spiro atoms. The number of hydrogen-bond acceptors (Lipinski definition) is 6. The van der Waals surface area contributed by atoms with Crippen molar-refractivity contribution in [1.82, 2.24) is 4.98 Å². The Morgan fingerprint density at radius 2 is 1.51 bits per heavy atom. The Bertz CT molecular complexity index is 1500. The number of carbonyl (C=O) groups excluding carboxylic acids is 1. The van der Waals surface area contributed by atoms with Crippen LogP contribution in [0, 0.1) is 0 Å². The molecular weight excluding hydrogens is 572 g/mol. The smallest absolute Gasteiger partial charge is 0.152 e. The number of ether oxygens (including phenoxy) is 2. The Morgan fingerprint density at radius 3 is 2.03 bits per heavy atom. The van der Waals surface area contributed by atoms with Gasteiger partial charge in [0, 0.05) is 34.9 Å². The van der Waals surface area contributed by atoms with Crippen molar-refractivity contribution in [2.45, 2.75) is 13.1 Å². The van der Waals surface area contributed by atoms with E-state index in [-0.39, 0.29) is 0 Å². The summed E-state index contributed by atoms with van der Waals surface area (Å²) in [6, 6.07) is 28.3. The van der Waals surface area contributed by atoms with Crippen LogP contribution in [0.1, 0.15) is 21.5 Å². The summed E-state index contributed by atoms with van der Waals surface area (Å²) in [7, 11) is 3.33. The van der Waals surface area contributed by atoms with Crippen molar-refractivity contribution in [1.29, 1.82) is 0 Å². The second kappa shape index (κ2) is 12.3. The van der Waals surface area contributed by atoms with Crippen LogP contribution in [0.3, 0.4) is 0 Å². The number of methoxy groups -OCH3 is 2. The number of benzene rings is 4. The summed E-state index contributed by atoms with van der Waals surface area (Å²) >= 11 is 5.19. The van der Waals surface area contributed by atoms with Crippen molar-refractivity contribution in [2.75, 3.05) is 19.1 Å². The Kier molecular flexibility index (Phi) is 8.39. The topological polar surface area (TPSA) is 51.7 Å². The zero-order chi connectivity index (χ0) is 27.2. The van der Waals surface area contributed by atoms with Gasteiger partial charge < -0.3 is 14.4 Å². The first kappa shape index (κ1) is 26.7. The number of rotatable bonds is 10. The molecule has 0 radical (unpaired) electrons. The van der Waals surface area contributed by atoms with Crippen LogP contribution in [0.5, 0.6) is 11.5 Å². The maximum atomic E-state index is 12.5. The molecule has 1 aromatic heterocycles. The van der Waals surface area contributed by atoms with Gasteiger partial charge in [0.25, 0.3) is 0 Å². The van der Waals surface area contributed by atoms with E-state index in [0.717, 1.165) is 60.6 Å². The second-order valence-electron chi connectivity index (χ2n) is 8.97. The molecule has 1 heterocycles. The number of thiazole rings is 1. The first-order chi connectivity index (χ1) is 19.1. The van der Waals surface area contributed by atoms with Crippen molar-refractivity contribution < 1.29 is 14.3 Å². The molecule has 7 heteroatoms. The molecule has 0 bridgehead atoms. The minimum atomic E-state index is 0.588. The number of hydrogen-bond donors (Lipinski definition) is 0. The van der Waals surface area contributed by atoms with Crippen LogP contribution in [-0.2, 0) is 13.1 Å². The molecule has 0 atom stereocenters. The fourth-order valence-corrected chi connectivity index (χ4v) is 5.73. The first-order valence-electron chi connectivity index (χ1n) is 12.4. The van der Waals surface area contributed by atoms with Crippen LogP contribution < -0.4 is 14.4 Å². The number of nitrogens with zero attached hydrogens (tertiary/aromatic N) is 2. The van der Waals surface area contributed by atoms with Crippen LogP contribution in [-0.4, -0.2) is 25.5 Å². The van der Waals surface area contributed by atoms with E-state index in [4.69, 9.17) is 9.47 Å². The monoisotopic (exact) mass is 598 g/mol. The van der Waals surface area contributed by atoms with Crippen LogP contribution in [0.15, 0.2) is 101 Å². The molecule has 5 aromatic rings. The normalized spacial score (nSPS) is 10.7. The van der Waals surface area contributed by atoms with Gasteiger partial charge in [-0.05, 0) is 64.7 Å². The highest BCUT2D eigenvalue weighted by molar-refractivity contribution is 9.10. The van der Waals surface area contributed by atoms with Crippen molar-refractivity contribution >= 4 is 39.2 Å². The Labute approximate surface area is 240 Å². The van der Waals surface area contributed by atoms with E-state index in [1.165, 1.54) is 0 Å². The molecule has 5 rings (SSSR count). The lowest BCUT2D eigenvalue weighted by molar-refractivity contribution is 0.112. The molecule has 5 nitrogen and oxygen atoms in total. The highest BCUT2D eigenvalue weighted by Gasteiger charge is 2.23. The Hall–Kier alpha value is -3.94. The lowest BCUT2D eigenvalue weighted by Gasteiger charge is -2.30. The standard InChI is InChI=1S/C32H27BrN2O3S/c1-37-27-11-6-22(7-12-27)18-35(19-23-8-13-28(38-2)14-9-23)32-25(20-36)10-15-29(24-4-3-5-26(33)16-24)31(32)30-17-34-21-39-30/h3-17,20-21H,18-19H2,1-2H3. The van der Waals surface area contributed by atoms with E-state index in [0.29, 0.717) is 18.7 Å². The van der Waals surface area contributed by atoms with Crippen LogP contribution in [0.4, 0.5) is 5.69 Å². The molecular formula is C32H27BrN2O3S. The number of aldehydes is 1. The SMILES string of the molecule is COc1ccc(CN(Cc2ccc(OC)cc2)c2c(C=O)ccc(-c3cccc(Br)c3)c2-c2cncs2)cc1. The summed E-state index contributed by atoms with van der Waals surface area (Å²) in [5, 5.41) is 0. The molecule has 0 aliphatic rings.